The summed E-state index contributed by atoms with van der Waals surface area (Å²) >= 11 is 3.48. The van der Waals surface area contributed by atoms with E-state index in [9.17, 15) is 0 Å². The van der Waals surface area contributed by atoms with Crippen molar-refractivity contribution in [2.24, 2.45) is 0 Å². The van der Waals surface area contributed by atoms with Crippen molar-refractivity contribution in [1.82, 2.24) is 9.13 Å². The van der Waals surface area contributed by atoms with Gasteiger partial charge in [0, 0.05) is 6.38 Å². The second-order valence-corrected chi connectivity index (χ2v) is 15.2. The van der Waals surface area contributed by atoms with E-state index >= 15 is 0 Å². The van der Waals surface area contributed by atoms with E-state index < -0.39 is 23.2 Å². The number of rotatable bonds is 4. The molecule has 2 unspecified atom stereocenters. The maximum atomic E-state index is 4.64. The molecule has 0 N–H and O–H groups in total. The molecule has 43 heavy (non-hydrogen) atoms. The summed E-state index contributed by atoms with van der Waals surface area (Å²) in [5.74, 6) is 0. The van der Waals surface area contributed by atoms with Crippen LogP contribution in [-0.2, 0) is 23.2 Å². The molecule has 4 aromatic carbocycles. The van der Waals surface area contributed by atoms with Crippen molar-refractivity contribution in [1.29, 1.82) is 0 Å². The fourth-order valence-corrected chi connectivity index (χ4v) is 12.1. The fraction of sp³-hybridized carbons (Fsp3) is 0.179. The zero-order chi connectivity index (χ0) is 29.8. The summed E-state index contributed by atoms with van der Waals surface area (Å²) in [5.41, 5.74) is 16.9. The molecule has 0 saturated heterocycles. The standard InChI is InChI=1S/2C19H16N.CH3Cl.Zr/c2*1-13-14(2)20(19-10-6-5-9-18(13)19)17-11-15-7-3-4-8-16(15)12-17;1-2;/h2*3-12H,1-2H3;1H3;. The van der Waals surface area contributed by atoms with Crippen LogP contribution in [0.2, 0.25) is 0 Å². The third kappa shape index (κ3) is 4.39. The van der Waals surface area contributed by atoms with Crippen LogP contribution in [0.3, 0.4) is 0 Å². The summed E-state index contributed by atoms with van der Waals surface area (Å²) in [6.45, 7) is 9.16. The number of fused-ring (bicyclic) bond motifs is 4. The average molecular weight is 658 g/mol. The van der Waals surface area contributed by atoms with Gasteiger partial charge in [-0.2, -0.15) is 0 Å². The van der Waals surface area contributed by atoms with Crippen molar-refractivity contribution in [2.45, 2.75) is 34.9 Å². The number of nitrogens with zero attached hydrogens (tertiary/aromatic N) is 2. The molecule has 212 valence electrons. The minimum atomic E-state index is -1.16. The van der Waals surface area contributed by atoms with E-state index in [1.807, 2.05) is 0 Å². The van der Waals surface area contributed by atoms with Gasteiger partial charge < -0.3 is 0 Å². The molecule has 0 bridgehead atoms. The summed E-state index contributed by atoms with van der Waals surface area (Å²) in [7, 11) is 0. The number of para-hydroxylation sites is 2. The summed E-state index contributed by atoms with van der Waals surface area (Å²) in [6, 6.07) is 36.1. The van der Waals surface area contributed by atoms with Crippen LogP contribution in [0, 0.1) is 27.7 Å². The van der Waals surface area contributed by atoms with Crippen LogP contribution in [0.4, 0.5) is 0 Å². The van der Waals surface area contributed by atoms with Crippen LogP contribution in [0.25, 0.3) is 45.4 Å². The molecule has 0 saturated carbocycles. The second kappa shape index (κ2) is 11.3. The van der Waals surface area contributed by atoms with Gasteiger partial charge in [0.2, 0.25) is 0 Å². The Morgan fingerprint density at radius 1 is 0.512 bits per heavy atom. The molecule has 8 rings (SSSR count). The molecule has 0 amide bonds. The Morgan fingerprint density at radius 3 is 1.33 bits per heavy atom. The summed E-state index contributed by atoms with van der Waals surface area (Å²) in [4.78, 5) is 0. The van der Waals surface area contributed by atoms with Gasteiger partial charge in [0.15, 0.2) is 0 Å². The van der Waals surface area contributed by atoms with Gasteiger partial charge in [0.1, 0.15) is 0 Å². The molecular weight excluding hydrogens is 623 g/mol. The fourth-order valence-electron chi connectivity index (χ4n) is 7.24. The molecule has 0 aliphatic heterocycles. The third-order valence-corrected chi connectivity index (χ3v) is 14.1. The first-order chi connectivity index (χ1) is 21.0. The number of hydrogen-bond donors (Lipinski definition) is 0. The Bertz CT molecular complexity index is 1940. The van der Waals surface area contributed by atoms with Crippen molar-refractivity contribution < 1.29 is 23.2 Å². The van der Waals surface area contributed by atoms with Gasteiger partial charge in [-0.15, -0.1) is 11.6 Å². The van der Waals surface area contributed by atoms with E-state index in [4.69, 9.17) is 0 Å². The SMILES string of the molecule is CCl.Cc1c(C)n(C2=Cc3ccccc3[CH]2[Zr][CH]2C(n3c(C)c(C)c4ccccc43)=Cc3ccccc32)c2ccccc12. The number of aromatic nitrogens is 2. The Morgan fingerprint density at radius 2 is 0.884 bits per heavy atom. The average Bonchev–Trinajstić information content (AvgIpc) is 3.74. The molecular formula is C39H35ClN2Zr. The molecule has 0 fully saturated rings. The van der Waals surface area contributed by atoms with Crippen LogP contribution >= 0.6 is 11.6 Å². The van der Waals surface area contributed by atoms with E-state index in [1.165, 1.54) is 84.4 Å². The predicted octanol–water partition coefficient (Wildman–Crippen LogP) is 10.6. The van der Waals surface area contributed by atoms with Gasteiger partial charge in [-0.05, 0) is 0 Å². The van der Waals surface area contributed by atoms with E-state index in [0.29, 0.717) is 7.25 Å². The van der Waals surface area contributed by atoms with E-state index in [0.717, 1.165) is 0 Å². The number of halogens is 1. The second-order valence-electron chi connectivity index (χ2n) is 11.6. The van der Waals surface area contributed by atoms with E-state index in [2.05, 4.69) is 158 Å². The third-order valence-electron chi connectivity index (χ3n) is 9.52. The van der Waals surface area contributed by atoms with Crippen molar-refractivity contribution >= 4 is 57.0 Å². The molecule has 2 aromatic heterocycles. The Hall–Kier alpha value is -3.39. The molecule has 2 nitrogen and oxygen atoms in total. The number of allylic oxidation sites excluding steroid dienone is 2. The van der Waals surface area contributed by atoms with Crippen molar-refractivity contribution in [3.05, 3.63) is 142 Å². The van der Waals surface area contributed by atoms with Gasteiger partial charge in [-0.25, -0.2) is 0 Å². The molecule has 2 aliphatic rings. The summed E-state index contributed by atoms with van der Waals surface area (Å²) < 4.78 is 6.07. The Labute approximate surface area is 270 Å². The molecule has 2 heterocycles. The molecule has 2 aliphatic carbocycles. The van der Waals surface area contributed by atoms with Crippen LogP contribution < -0.4 is 0 Å². The zero-order valence-corrected chi connectivity index (χ0v) is 28.5. The normalized spacial score (nSPS) is 16.9. The maximum absolute atomic E-state index is 4.64. The predicted molar refractivity (Wildman–Crippen MR) is 181 cm³/mol. The molecule has 0 radical (unpaired) electrons. The molecule has 6 aromatic rings. The first-order valence-electron chi connectivity index (χ1n) is 14.9. The van der Waals surface area contributed by atoms with Gasteiger partial charge in [0.05, 0.1) is 0 Å². The number of aryl methyl sites for hydroxylation is 2. The molecule has 4 heteroatoms. The van der Waals surface area contributed by atoms with Crippen molar-refractivity contribution in [3.63, 3.8) is 0 Å². The van der Waals surface area contributed by atoms with Gasteiger partial charge in [-0.1, -0.05) is 0 Å². The molecule has 2 atom stereocenters. The van der Waals surface area contributed by atoms with Gasteiger partial charge in [-0.3, -0.25) is 0 Å². The topological polar surface area (TPSA) is 9.86 Å². The van der Waals surface area contributed by atoms with Crippen LogP contribution in [0.1, 0.15) is 52.0 Å². The van der Waals surface area contributed by atoms with E-state index in [-0.39, 0.29) is 0 Å². The monoisotopic (exact) mass is 656 g/mol. The number of hydrogen-bond acceptors (Lipinski definition) is 0. The first-order valence-corrected chi connectivity index (χ1v) is 18.5. The first kappa shape index (κ1) is 28.4. The Balaban J connectivity index is 0.00000147. The summed E-state index contributed by atoms with van der Waals surface area (Å²) in [5, 5.41) is 2.73. The quantitative estimate of drug-likeness (QED) is 0.167. The Kier molecular flexibility index (Phi) is 7.44. The molecule has 0 spiro atoms. The van der Waals surface area contributed by atoms with Crippen molar-refractivity contribution in [3.8, 4) is 0 Å². The van der Waals surface area contributed by atoms with Crippen LogP contribution in [-0.4, -0.2) is 15.5 Å². The van der Waals surface area contributed by atoms with Crippen molar-refractivity contribution in [2.75, 3.05) is 6.38 Å². The zero-order valence-electron chi connectivity index (χ0n) is 25.3. The van der Waals surface area contributed by atoms with Crippen LogP contribution in [0.15, 0.2) is 97.1 Å². The number of alkyl halides is 1. The number of benzene rings is 4. The summed E-state index contributed by atoms with van der Waals surface area (Å²) in [6.07, 6.45) is 6.45. The van der Waals surface area contributed by atoms with Crippen LogP contribution in [0.5, 0.6) is 0 Å². The van der Waals surface area contributed by atoms with Gasteiger partial charge in [0.25, 0.3) is 0 Å². The minimum absolute atomic E-state index is 0.450. The van der Waals surface area contributed by atoms with E-state index in [1.54, 1.807) is 0 Å². The van der Waals surface area contributed by atoms with Gasteiger partial charge >= 0.3 is 254 Å².